The van der Waals surface area contributed by atoms with E-state index < -0.39 is 0 Å². The predicted molar refractivity (Wildman–Crippen MR) is 78.0 cm³/mol. The van der Waals surface area contributed by atoms with Crippen molar-refractivity contribution < 1.29 is 9.13 Å². The molecule has 0 fully saturated rings. The Morgan fingerprint density at radius 2 is 2.05 bits per heavy atom. The minimum absolute atomic E-state index is 0.0935. The average molecular weight is 267 g/mol. The van der Waals surface area contributed by atoms with Crippen LogP contribution in [0.2, 0.25) is 0 Å². The normalized spacial score (nSPS) is 14.3. The van der Waals surface area contributed by atoms with Gasteiger partial charge in [-0.2, -0.15) is 0 Å². The van der Waals surface area contributed by atoms with Crippen LogP contribution in [0.15, 0.2) is 24.3 Å². The lowest BCUT2D eigenvalue weighted by atomic mass is 9.84. The van der Waals surface area contributed by atoms with Gasteiger partial charge in [0.1, 0.15) is 5.82 Å². The standard InChI is InChI=1S/C16H26FNO/c1-4-7-13(2)15(12-18-10-11-19-3)14-8-5-6-9-16(14)17/h5-6,8-9,13,15,18H,4,7,10-12H2,1-3H3. The molecule has 1 aromatic rings. The van der Waals surface area contributed by atoms with E-state index >= 15 is 0 Å². The SMILES string of the molecule is CCCC(C)C(CNCCOC)c1ccccc1F. The first-order valence-corrected chi connectivity index (χ1v) is 7.14. The maximum atomic E-state index is 14.0. The number of hydrogen-bond acceptors (Lipinski definition) is 2. The Labute approximate surface area is 116 Å². The zero-order valence-corrected chi connectivity index (χ0v) is 12.3. The summed E-state index contributed by atoms with van der Waals surface area (Å²) in [6, 6.07) is 7.12. The first kappa shape index (κ1) is 16.1. The first-order valence-electron chi connectivity index (χ1n) is 7.14. The fourth-order valence-electron chi connectivity index (χ4n) is 2.48. The summed E-state index contributed by atoms with van der Waals surface area (Å²) in [6.07, 6.45) is 2.25. The van der Waals surface area contributed by atoms with Gasteiger partial charge in [0.05, 0.1) is 6.61 Å². The van der Waals surface area contributed by atoms with Crippen molar-refractivity contribution in [2.45, 2.75) is 32.6 Å². The molecule has 0 aromatic heterocycles. The maximum absolute atomic E-state index is 14.0. The Morgan fingerprint density at radius 3 is 2.68 bits per heavy atom. The molecule has 2 unspecified atom stereocenters. The van der Waals surface area contributed by atoms with Gasteiger partial charge in [0.15, 0.2) is 0 Å². The average Bonchev–Trinajstić information content (AvgIpc) is 2.40. The highest BCUT2D eigenvalue weighted by Crippen LogP contribution is 2.29. The summed E-state index contributed by atoms with van der Waals surface area (Å²) in [4.78, 5) is 0. The molecular weight excluding hydrogens is 241 g/mol. The molecule has 1 N–H and O–H groups in total. The third kappa shape index (κ3) is 5.29. The second-order valence-electron chi connectivity index (χ2n) is 5.09. The van der Waals surface area contributed by atoms with Crippen LogP contribution in [0.4, 0.5) is 4.39 Å². The van der Waals surface area contributed by atoms with E-state index in [0.717, 1.165) is 31.5 Å². The highest BCUT2D eigenvalue weighted by Gasteiger charge is 2.21. The number of nitrogens with one attached hydrogen (secondary N) is 1. The van der Waals surface area contributed by atoms with Crippen molar-refractivity contribution in [3.8, 4) is 0 Å². The predicted octanol–water partition coefficient (Wildman–Crippen LogP) is 3.58. The lowest BCUT2D eigenvalue weighted by Gasteiger charge is -2.25. The lowest BCUT2D eigenvalue weighted by Crippen LogP contribution is -2.28. The van der Waals surface area contributed by atoms with Gasteiger partial charge in [0, 0.05) is 26.1 Å². The fourth-order valence-corrected chi connectivity index (χ4v) is 2.48. The molecule has 0 aliphatic rings. The van der Waals surface area contributed by atoms with E-state index in [-0.39, 0.29) is 11.7 Å². The highest BCUT2D eigenvalue weighted by atomic mass is 19.1. The Kier molecular flexibility index (Phi) is 7.68. The summed E-state index contributed by atoms with van der Waals surface area (Å²) in [6.45, 7) is 6.67. The number of hydrogen-bond donors (Lipinski definition) is 1. The Balaban J connectivity index is 2.71. The van der Waals surface area contributed by atoms with Gasteiger partial charge in [0.2, 0.25) is 0 Å². The van der Waals surface area contributed by atoms with Crippen molar-refractivity contribution in [1.29, 1.82) is 0 Å². The molecule has 0 aliphatic carbocycles. The summed E-state index contributed by atoms with van der Waals surface area (Å²) in [5, 5.41) is 3.36. The molecule has 108 valence electrons. The molecular formula is C16H26FNO. The van der Waals surface area contributed by atoms with Crippen molar-refractivity contribution in [2.75, 3.05) is 26.8 Å². The molecule has 0 bridgehead atoms. The zero-order chi connectivity index (χ0) is 14.1. The van der Waals surface area contributed by atoms with Crippen LogP contribution in [-0.4, -0.2) is 26.8 Å². The number of ether oxygens (including phenoxy) is 1. The molecule has 3 heteroatoms. The zero-order valence-electron chi connectivity index (χ0n) is 12.3. The Bertz CT molecular complexity index is 356. The van der Waals surface area contributed by atoms with Gasteiger partial charge >= 0.3 is 0 Å². The van der Waals surface area contributed by atoms with Gasteiger partial charge in [0.25, 0.3) is 0 Å². The molecule has 0 amide bonds. The molecule has 1 aromatic carbocycles. The minimum Gasteiger partial charge on any atom is -0.383 e. The highest BCUT2D eigenvalue weighted by molar-refractivity contribution is 5.22. The molecule has 0 radical (unpaired) electrons. The van der Waals surface area contributed by atoms with Crippen LogP contribution in [0.3, 0.4) is 0 Å². The molecule has 2 atom stereocenters. The number of halogens is 1. The van der Waals surface area contributed by atoms with E-state index in [1.165, 1.54) is 0 Å². The summed E-state index contributed by atoms with van der Waals surface area (Å²) in [5.74, 6) is 0.596. The van der Waals surface area contributed by atoms with Crippen LogP contribution in [0.1, 0.15) is 38.2 Å². The second kappa shape index (κ2) is 9.05. The van der Waals surface area contributed by atoms with Gasteiger partial charge in [-0.3, -0.25) is 0 Å². The summed E-state index contributed by atoms with van der Waals surface area (Å²) in [7, 11) is 1.69. The van der Waals surface area contributed by atoms with Crippen LogP contribution in [0.5, 0.6) is 0 Å². The molecule has 0 spiro atoms. The Hall–Kier alpha value is -0.930. The van der Waals surface area contributed by atoms with Gasteiger partial charge in [-0.05, 0) is 17.5 Å². The quantitative estimate of drug-likeness (QED) is 0.690. The number of rotatable bonds is 9. The van der Waals surface area contributed by atoms with Gasteiger partial charge < -0.3 is 10.1 Å². The van der Waals surface area contributed by atoms with Gasteiger partial charge in [-0.1, -0.05) is 44.9 Å². The molecule has 2 nitrogen and oxygen atoms in total. The smallest absolute Gasteiger partial charge is 0.126 e. The summed E-state index contributed by atoms with van der Waals surface area (Å²) in [5.41, 5.74) is 0.827. The monoisotopic (exact) mass is 267 g/mol. The van der Waals surface area contributed by atoms with Crippen molar-refractivity contribution in [2.24, 2.45) is 5.92 Å². The van der Waals surface area contributed by atoms with Crippen LogP contribution >= 0.6 is 0 Å². The van der Waals surface area contributed by atoms with Crippen LogP contribution in [0.25, 0.3) is 0 Å². The number of benzene rings is 1. The first-order chi connectivity index (χ1) is 9.20. The Morgan fingerprint density at radius 1 is 1.32 bits per heavy atom. The third-order valence-corrected chi connectivity index (χ3v) is 3.58. The maximum Gasteiger partial charge on any atom is 0.126 e. The van der Waals surface area contributed by atoms with Crippen molar-refractivity contribution >= 4 is 0 Å². The third-order valence-electron chi connectivity index (χ3n) is 3.58. The van der Waals surface area contributed by atoms with Crippen molar-refractivity contribution in [3.05, 3.63) is 35.6 Å². The van der Waals surface area contributed by atoms with Gasteiger partial charge in [-0.25, -0.2) is 4.39 Å². The van der Waals surface area contributed by atoms with Gasteiger partial charge in [-0.15, -0.1) is 0 Å². The van der Waals surface area contributed by atoms with Crippen molar-refractivity contribution in [3.63, 3.8) is 0 Å². The summed E-state index contributed by atoms with van der Waals surface area (Å²) >= 11 is 0. The summed E-state index contributed by atoms with van der Waals surface area (Å²) < 4.78 is 19.0. The molecule has 1 rings (SSSR count). The van der Waals surface area contributed by atoms with E-state index in [0.29, 0.717) is 12.5 Å². The number of methoxy groups -OCH3 is 1. The molecule has 19 heavy (non-hydrogen) atoms. The van der Waals surface area contributed by atoms with Crippen LogP contribution in [0, 0.1) is 11.7 Å². The largest absolute Gasteiger partial charge is 0.383 e. The molecule has 0 saturated heterocycles. The minimum atomic E-state index is -0.0935. The van der Waals surface area contributed by atoms with Crippen LogP contribution < -0.4 is 5.32 Å². The van der Waals surface area contributed by atoms with E-state index in [4.69, 9.17) is 4.74 Å². The van der Waals surface area contributed by atoms with E-state index in [1.807, 2.05) is 12.1 Å². The molecule has 0 saturated carbocycles. The second-order valence-corrected chi connectivity index (χ2v) is 5.09. The van der Waals surface area contributed by atoms with Crippen molar-refractivity contribution in [1.82, 2.24) is 5.32 Å². The fraction of sp³-hybridized carbons (Fsp3) is 0.625. The molecule has 0 aliphatic heterocycles. The van der Waals surface area contributed by atoms with Crippen LogP contribution in [-0.2, 0) is 4.74 Å². The van der Waals surface area contributed by atoms with E-state index in [1.54, 1.807) is 19.2 Å². The van der Waals surface area contributed by atoms with E-state index in [2.05, 4.69) is 19.2 Å². The lowest BCUT2D eigenvalue weighted by molar-refractivity contribution is 0.197. The van der Waals surface area contributed by atoms with E-state index in [9.17, 15) is 4.39 Å². The topological polar surface area (TPSA) is 21.3 Å². The molecule has 0 heterocycles.